The molecule has 4 heteroatoms. The van der Waals surface area contributed by atoms with Crippen molar-refractivity contribution >= 4 is 0 Å². The van der Waals surface area contributed by atoms with Crippen LogP contribution in [0.5, 0.6) is 0 Å². The summed E-state index contributed by atoms with van der Waals surface area (Å²) in [5.74, 6) is 0. The molecule has 0 saturated carbocycles. The number of rotatable bonds is 6. The third kappa shape index (κ3) is 3.16. The van der Waals surface area contributed by atoms with Crippen LogP contribution in [-0.4, -0.2) is 36.4 Å². The largest absolute Gasteiger partial charge is 0.382 e. The summed E-state index contributed by atoms with van der Waals surface area (Å²) in [7, 11) is 1.72. The topological polar surface area (TPSA) is 39.1 Å². The Kier molecular flexibility index (Phi) is 4.49. The SMILES string of the molecule is CCNCC(COC)n1ccnc1. The zero-order valence-corrected chi connectivity index (χ0v) is 8.23. The van der Waals surface area contributed by atoms with Crippen molar-refractivity contribution in [3.63, 3.8) is 0 Å². The van der Waals surface area contributed by atoms with E-state index in [2.05, 4.69) is 21.8 Å². The molecule has 0 amide bonds. The number of methoxy groups -OCH3 is 1. The molecule has 0 aliphatic heterocycles. The van der Waals surface area contributed by atoms with E-state index in [4.69, 9.17) is 4.74 Å². The molecule has 0 fully saturated rings. The molecule has 0 aromatic carbocycles. The number of hydrogen-bond acceptors (Lipinski definition) is 3. The van der Waals surface area contributed by atoms with Gasteiger partial charge in [0, 0.05) is 26.0 Å². The van der Waals surface area contributed by atoms with Crippen molar-refractivity contribution in [3.8, 4) is 0 Å². The molecule has 1 atom stereocenters. The quantitative estimate of drug-likeness (QED) is 0.705. The molecule has 1 aromatic rings. The Bertz CT molecular complexity index is 211. The summed E-state index contributed by atoms with van der Waals surface area (Å²) in [6.45, 7) is 4.71. The van der Waals surface area contributed by atoms with Crippen LogP contribution in [0.15, 0.2) is 18.7 Å². The minimum Gasteiger partial charge on any atom is -0.382 e. The van der Waals surface area contributed by atoms with Crippen molar-refractivity contribution in [3.05, 3.63) is 18.7 Å². The Balaban J connectivity index is 2.47. The highest BCUT2D eigenvalue weighted by Gasteiger charge is 2.08. The Morgan fingerprint density at radius 1 is 1.62 bits per heavy atom. The van der Waals surface area contributed by atoms with Crippen molar-refractivity contribution in [1.82, 2.24) is 14.9 Å². The van der Waals surface area contributed by atoms with Gasteiger partial charge in [-0.25, -0.2) is 4.98 Å². The van der Waals surface area contributed by atoms with Gasteiger partial charge in [0.2, 0.25) is 0 Å². The number of likely N-dealkylation sites (N-methyl/N-ethyl adjacent to an activating group) is 1. The van der Waals surface area contributed by atoms with Crippen LogP contribution in [0.3, 0.4) is 0 Å². The second-order valence-electron chi connectivity index (χ2n) is 2.93. The molecule has 1 heterocycles. The first-order valence-corrected chi connectivity index (χ1v) is 4.55. The molecule has 1 aromatic heterocycles. The van der Waals surface area contributed by atoms with E-state index < -0.39 is 0 Å². The maximum atomic E-state index is 5.14. The average molecular weight is 183 g/mol. The van der Waals surface area contributed by atoms with Crippen LogP contribution in [0, 0.1) is 0 Å². The van der Waals surface area contributed by atoms with Gasteiger partial charge >= 0.3 is 0 Å². The Morgan fingerprint density at radius 3 is 3.00 bits per heavy atom. The number of aromatic nitrogens is 2. The van der Waals surface area contributed by atoms with Crippen LogP contribution in [0.25, 0.3) is 0 Å². The second-order valence-corrected chi connectivity index (χ2v) is 2.93. The number of nitrogens with one attached hydrogen (secondary N) is 1. The van der Waals surface area contributed by atoms with E-state index in [1.807, 2.05) is 12.5 Å². The highest BCUT2D eigenvalue weighted by Crippen LogP contribution is 2.04. The summed E-state index contributed by atoms with van der Waals surface area (Å²) in [6.07, 6.45) is 5.57. The summed E-state index contributed by atoms with van der Waals surface area (Å²) < 4.78 is 7.20. The molecule has 0 aliphatic carbocycles. The molecule has 0 spiro atoms. The Hall–Kier alpha value is -0.870. The van der Waals surface area contributed by atoms with Gasteiger partial charge in [-0.1, -0.05) is 6.92 Å². The molecular weight excluding hydrogens is 166 g/mol. The van der Waals surface area contributed by atoms with E-state index in [9.17, 15) is 0 Å². The molecular formula is C9H17N3O. The highest BCUT2D eigenvalue weighted by atomic mass is 16.5. The fraction of sp³-hybridized carbons (Fsp3) is 0.667. The average Bonchev–Trinajstić information content (AvgIpc) is 2.65. The number of imidazole rings is 1. The van der Waals surface area contributed by atoms with Gasteiger partial charge in [0.15, 0.2) is 0 Å². The summed E-state index contributed by atoms with van der Waals surface area (Å²) in [4.78, 5) is 4.01. The van der Waals surface area contributed by atoms with Gasteiger partial charge in [0.05, 0.1) is 19.0 Å². The lowest BCUT2D eigenvalue weighted by atomic mass is 10.3. The van der Waals surface area contributed by atoms with Crippen molar-refractivity contribution in [2.24, 2.45) is 0 Å². The molecule has 13 heavy (non-hydrogen) atoms. The summed E-state index contributed by atoms with van der Waals surface area (Å²) in [5.41, 5.74) is 0. The van der Waals surface area contributed by atoms with Gasteiger partial charge in [0.1, 0.15) is 0 Å². The van der Waals surface area contributed by atoms with Crippen LogP contribution in [0.2, 0.25) is 0 Å². The molecule has 4 nitrogen and oxygen atoms in total. The van der Waals surface area contributed by atoms with E-state index in [-0.39, 0.29) is 0 Å². The fourth-order valence-electron chi connectivity index (χ4n) is 1.24. The molecule has 74 valence electrons. The lowest BCUT2D eigenvalue weighted by Crippen LogP contribution is -2.27. The van der Waals surface area contributed by atoms with Crippen LogP contribution >= 0.6 is 0 Å². The monoisotopic (exact) mass is 183 g/mol. The summed E-state index contributed by atoms with van der Waals surface area (Å²) >= 11 is 0. The second kappa shape index (κ2) is 5.72. The van der Waals surface area contributed by atoms with Gasteiger partial charge in [-0.15, -0.1) is 0 Å². The lowest BCUT2D eigenvalue weighted by Gasteiger charge is -2.17. The van der Waals surface area contributed by atoms with Crippen LogP contribution in [0.4, 0.5) is 0 Å². The minimum absolute atomic E-state index is 0.340. The molecule has 1 N–H and O–H groups in total. The fourth-order valence-corrected chi connectivity index (χ4v) is 1.24. The molecule has 0 saturated heterocycles. The number of ether oxygens (including phenoxy) is 1. The molecule has 0 aliphatic rings. The summed E-state index contributed by atoms with van der Waals surface area (Å²) in [6, 6.07) is 0.340. The predicted octanol–water partition coefficient (Wildman–Crippen LogP) is 0.680. The van der Waals surface area contributed by atoms with Crippen molar-refractivity contribution in [2.75, 3.05) is 26.8 Å². The first-order valence-electron chi connectivity index (χ1n) is 4.55. The van der Waals surface area contributed by atoms with E-state index in [1.165, 1.54) is 0 Å². The first kappa shape index (κ1) is 10.2. The predicted molar refractivity (Wildman–Crippen MR) is 51.7 cm³/mol. The zero-order chi connectivity index (χ0) is 9.52. The van der Waals surface area contributed by atoms with Gasteiger partial charge in [-0.2, -0.15) is 0 Å². The lowest BCUT2D eigenvalue weighted by molar-refractivity contribution is 0.154. The van der Waals surface area contributed by atoms with Crippen LogP contribution in [-0.2, 0) is 4.74 Å². The van der Waals surface area contributed by atoms with Crippen molar-refractivity contribution in [1.29, 1.82) is 0 Å². The maximum Gasteiger partial charge on any atom is 0.0949 e. The van der Waals surface area contributed by atoms with E-state index in [0.29, 0.717) is 12.6 Å². The molecule has 0 radical (unpaired) electrons. The standard InChI is InChI=1S/C9H17N3O/c1-3-10-6-9(7-13-2)12-5-4-11-8-12/h4-5,8-10H,3,6-7H2,1-2H3. The molecule has 1 rings (SSSR count). The molecule has 0 bridgehead atoms. The molecule has 1 unspecified atom stereocenters. The van der Waals surface area contributed by atoms with E-state index in [0.717, 1.165) is 13.1 Å². The van der Waals surface area contributed by atoms with Crippen LogP contribution in [0.1, 0.15) is 13.0 Å². The Morgan fingerprint density at radius 2 is 2.46 bits per heavy atom. The van der Waals surface area contributed by atoms with E-state index in [1.54, 1.807) is 13.3 Å². The van der Waals surface area contributed by atoms with Gasteiger partial charge in [-0.3, -0.25) is 0 Å². The number of nitrogens with zero attached hydrogens (tertiary/aromatic N) is 2. The number of hydrogen-bond donors (Lipinski definition) is 1. The van der Waals surface area contributed by atoms with Gasteiger partial charge in [-0.05, 0) is 6.54 Å². The minimum atomic E-state index is 0.340. The highest BCUT2D eigenvalue weighted by molar-refractivity contribution is 4.81. The maximum absolute atomic E-state index is 5.14. The Labute approximate surface area is 78.9 Å². The van der Waals surface area contributed by atoms with Crippen molar-refractivity contribution in [2.45, 2.75) is 13.0 Å². The third-order valence-electron chi connectivity index (χ3n) is 1.94. The van der Waals surface area contributed by atoms with Crippen LogP contribution < -0.4 is 5.32 Å². The van der Waals surface area contributed by atoms with Crippen molar-refractivity contribution < 1.29 is 4.74 Å². The third-order valence-corrected chi connectivity index (χ3v) is 1.94. The normalized spacial score (nSPS) is 13.1. The van der Waals surface area contributed by atoms with E-state index >= 15 is 0 Å². The van der Waals surface area contributed by atoms with Gasteiger partial charge in [0.25, 0.3) is 0 Å². The summed E-state index contributed by atoms with van der Waals surface area (Å²) in [5, 5.41) is 3.29. The smallest absolute Gasteiger partial charge is 0.0949 e. The van der Waals surface area contributed by atoms with Gasteiger partial charge < -0.3 is 14.6 Å². The first-order chi connectivity index (χ1) is 6.38. The zero-order valence-electron chi connectivity index (χ0n) is 8.23.